The largest absolute Gasteiger partial charge is 0.508 e. The summed E-state index contributed by atoms with van der Waals surface area (Å²) in [7, 11) is 1.61. The first kappa shape index (κ1) is 17.8. The first-order valence-electron chi connectivity index (χ1n) is 10.1. The van der Waals surface area contributed by atoms with E-state index < -0.39 is 0 Å². The van der Waals surface area contributed by atoms with Gasteiger partial charge >= 0.3 is 0 Å². The highest BCUT2D eigenvalue weighted by molar-refractivity contribution is 5.92. The van der Waals surface area contributed by atoms with Crippen molar-refractivity contribution in [3.8, 4) is 5.75 Å². The van der Waals surface area contributed by atoms with E-state index in [0.29, 0.717) is 36.6 Å². The van der Waals surface area contributed by atoms with Crippen molar-refractivity contribution in [3.05, 3.63) is 53.5 Å². The predicted octanol–water partition coefficient (Wildman–Crippen LogP) is 2.83. The summed E-state index contributed by atoms with van der Waals surface area (Å²) in [6, 6.07) is 11.6. The van der Waals surface area contributed by atoms with Gasteiger partial charge in [0.15, 0.2) is 5.76 Å². The minimum absolute atomic E-state index is 0.0336. The normalized spacial score (nSPS) is 31.2. The second-order valence-electron chi connectivity index (χ2n) is 8.21. The summed E-state index contributed by atoms with van der Waals surface area (Å²) in [5.41, 5.74) is 1.11. The van der Waals surface area contributed by atoms with Crippen molar-refractivity contribution in [2.75, 3.05) is 26.7 Å². The van der Waals surface area contributed by atoms with Gasteiger partial charge in [-0.2, -0.15) is 0 Å². The van der Waals surface area contributed by atoms with Crippen LogP contribution >= 0.6 is 0 Å². The van der Waals surface area contributed by atoms with E-state index in [1.165, 1.54) is 0 Å². The minimum Gasteiger partial charge on any atom is -0.508 e. The summed E-state index contributed by atoms with van der Waals surface area (Å²) in [4.78, 5) is 17.9. The zero-order valence-corrected chi connectivity index (χ0v) is 16.1. The van der Waals surface area contributed by atoms with Gasteiger partial charge in [0.1, 0.15) is 18.1 Å². The third-order valence-corrected chi connectivity index (χ3v) is 6.71. The van der Waals surface area contributed by atoms with Gasteiger partial charge in [0.25, 0.3) is 5.91 Å². The quantitative estimate of drug-likeness (QED) is 0.881. The van der Waals surface area contributed by atoms with E-state index in [-0.39, 0.29) is 23.6 Å². The second-order valence-corrected chi connectivity index (χ2v) is 8.21. The number of aromatic hydroxyl groups is 1. The van der Waals surface area contributed by atoms with Gasteiger partial charge in [-0.1, -0.05) is 12.1 Å². The number of phenols is 1. The highest BCUT2D eigenvalue weighted by Gasteiger charge is 2.55. The molecule has 0 saturated carbocycles. The molecule has 3 atom stereocenters. The molecule has 5 heterocycles. The summed E-state index contributed by atoms with van der Waals surface area (Å²) >= 11 is 0. The maximum Gasteiger partial charge on any atom is 0.289 e. The Morgan fingerprint density at radius 2 is 2.04 bits per heavy atom. The van der Waals surface area contributed by atoms with Gasteiger partial charge < -0.3 is 19.2 Å². The number of benzene rings is 1. The van der Waals surface area contributed by atoms with Crippen LogP contribution in [-0.2, 0) is 11.3 Å². The van der Waals surface area contributed by atoms with Gasteiger partial charge in [-0.3, -0.25) is 9.69 Å². The molecule has 2 aromatic rings. The number of phenolic OH excluding ortho intramolecular Hbond substituents is 1. The monoisotopic (exact) mass is 382 g/mol. The van der Waals surface area contributed by atoms with Gasteiger partial charge in [0, 0.05) is 25.6 Å². The number of carbonyl (C=O) groups excluding carboxylic acids is 1. The van der Waals surface area contributed by atoms with Crippen molar-refractivity contribution in [1.82, 2.24) is 9.80 Å². The SMILES string of the molecule is COCc1ccc(C(=O)N2C[C@H](c3cccc(O)c3)[C@H]3[C@@H]2C2CCN3CC2)o1. The lowest BCUT2D eigenvalue weighted by Crippen LogP contribution is -2.60. The van der Waals surface area contributed by atoms with Gasteiger partial charge in [0.2, 0.25) is 0 Å². The molecule has 4 fully saturated rings. The minimum atomic E-state index is -0.0336. The number of furan rings is 1. The van der Waals surface area contributed by atoms with Crippen LogP contribution in [-0.4, -0.2) is 59.6 Å². The average molecular weight is 382 g/mol. The Morgan fingerprint density at radius 3 is 2.79 bits per heavy atom. The molecule has 148 valence electrons. The number of hydrogen-bond donors (Lipinski definition) is 1. The third-order valence-electron chi connectivity index (χ3n) is 6.71. The van der Waals surface area contributed by atoms with Crippen LogP contribution in [0.5, 0.6) is 5.75 Å². The van der Waals surface area contributed by atoms with Crippen LogP contribution in [0.4, 0.5) is 0 Å². The molecule has 4 saturated heterocycles. The number of rotatable bonds is 4. The maximum absolute atomic E-state index is 13.4. The van der Waals surface area contributed by atoms with Gasteiger partial charge in [-0.05, 0) is 61.7 Å². The summed E-state index contributed by atoms with van der Waals surface area (Å²) in [6.07, 6.45) is 2.29. The fourth-order valence-electron chi connectivity index (χ4n) is 5.56. The standard InChI is InChI=1S/C22H26N2O4/c1-27-13-17-5-6-19(28-17)22(26)24-12-18(15-3-2-4-16(25)11-15)21-20(24)14-7-9-23(21)10-8-14/h2-6,11,14,18,20-21,25H,7-10,12-13H2,1H3/t18-,20+,21+/m1/s1. The summed E-state index contributed by atoms with van der Waals surface area (Å²) < 4.78 is 10.9. The molecule has 1 aromatic carbocycles. The molecule has 6 rings (SSSR count). The van der Waals surface area contributed by atoms with E-state index in [1.54, 1.807) is 19.2 Å². The number of hydrogen-bond acceptors (Lipinski definition) is 5. The summed E-state index contributed by atoms with van der Waals surface area (Å²) in [5.74, 6) is 2.05. The topological polar surface area (TPSA) is 66.2 Å². The third kappa shape index (κ3) is 2.83. The van der Waals surface area contributed by atoms with Crippen molar-refractivity contribution in [2.45, 2.75) is 37.5 Å². The van der Waals surface area contributed by atoms with Crippen LogP contribution in [0, 0.1) is 5.92 Å². The molecular formula is C22H26N2O4. The number of ether oxygens (including phenoxy) is 1. The molecule has 2 bridgehead atoms. The Bertz CT molecular complexity index is 871. The van der Waals surface area contributed by atoms with Crippen LogP contribution in [0.3, 0.4) is 0 Å². The second kappa shape index (κ2) is 6.94. The Labute approximate surface area is 164 Å². The number of nitrogens with zero attached hydrogens (tertiary/aromatic N) is 2. The van der Waals surface area contributed by atoms with Crippen molar-refractivity contribution in [3.63, 3.8) is 0 Å². The first-order valence-corrected chi connectivity index (χ1v) is 10.1. The number of methoxy groups -OCH3 is 1. The molecule has 1 aromatic heterocycles. The van der Waals surface area contributed by atoms with Crippen molar-refractivity contribution in [2.24, 2.45) is 5.92 Å². The molecule has 28 heavy (non-hydrogen) atoms. The summed E-state index contributed by atoms with van der Waals surface area (Å²) in [5, 5.41) is 9.99. The zero-order valence-electron chi connectivity index (χ0n) is 16.1. The first-order chi connectivity index (χ1) is 13.7. The van der Waals surface area contributed by atoms with Crippen molar-refractivity contribution in [1.29, 1.82) is 0 Å². The van der Waals surface area contributed by atoms with Crippen LogP contribution in [0.1, 0.15) is 40.6 Å². The summed E-state index contributed by atoms with van der Waals surface area (Å²) in [6.45, 7) is 3.22. The van der Waals surface area contributed by atoms with Crippen molar-refractivity contribution < 1.29 is 19.1 Å². The number of fused-ring (bicyclic) bond motifs is 2. The van der Waals surface area contributed by atoms with E-state index in [2.05, 4.69) is 11.0 Å². The molecule has 0 radical (unpaired) electrons. The highest BCUT2D eigenvalue weighted by Crippen LogP contribution is 2.47. The zero-order chi connectivity index (χ0) is 19.3. The average Bonchev–Trinajstić information content (AvgIpc) is 3.35. The fourth-order valence-corrected chi connectivity index (χ4v) is 5.56. The number of piperidine rings is 3. The van der Waals surface area contributed by atoms with Gasteiger partial charge in [-0.25, -0.2) is 0 Å². The fraction of sp³-hybridized carbons (Fsp3) is 0.500. The van der Waals surface area contributed by atoms with Crippen LogP contribution < -0.4 is 0 Å². The van der Waals surface area contributed by atoms with Crippen molar-refractivity contribution >= 4 is 5.91 Å². The molecule has 6 heteroatoms. The van der Waals surface area contributed by atoms with E-state index >= 15 is 0 Å². The van der Waals surface area contributed by atoms with E-state index in [4.69, 9.17) is 9.15 Å². The molecule has 4 aliphatic rings. The Hall–Kier alpha value is -2.31. The molecule has 0 spiro atoms. The lowest BCUT2D eigenvalue weighted by molar-refractivity contribution is -0.00440. The maximum atomic E-state index is 13.4. The number of likely N-dealkylation sites (tertiary alicyclic amines) is 1. The van der Waals surface area contributed by atoms with E-state index in [9.17, 15) is 9.90 Å². The lowest BCUT2D eigenvalue weighted by Gasteiger charge is -2.51. The molecule has 6 nitrogen and oxygen atoms in total. The van der Waals surface area contributed by atoms with E-state index in [1.807, 2.05) is 23.1 Å². The molecule has 1 N–H and O–H groups in total. The highest BCUT2D eigenvalue weighted by atomic mass is 16.5. The Morgan fingerprint density at radius 1 is 1.21 bits per heavy atom. The molecular weight excluding hydrogens is 356 g/mol. The number of carbonyl (C=O) groups is 1. The molecule has 0 aliphatic carbocycles. The molecule has 0 unspecified atom stereocenters. The predicted molar refractivity (Wildman–Crippen MR) is 103 cm³/mol. The van der Waals surface area contributed by atoms with Crippen LogP contribution in [0.2, 0.25) is 0 Å². The van der Waals surface area contributed by atoms with Crippen LogP contribution in [0.25, 0.3) is 0 Å². The van der Waals surface area contributed by atoms with Gasteiger partial charge in [-0.15, -0.1) is 0 Å². The van der Waals surface area contributed by atoms with Gasteiger partial charge in [0.05, 0.1) is 6.04 Å². The van der Waals surface area contributed by atoms with E-state index in [0.717, 1.165) is 31.5 Å². The molecule has 1 amide bonds. The molecule has 4 aliphatic heterocycles. The Kier molecular flexibility index (Phi) is 4.40. The lowest BCUT2D eigenvalue weighted by atomic mass is 9.75. The smallest absolute Gasteiger partial charge is 0.289 e. The number of amides is 1. The Balaban J connectivity index is 1.48. The van der Waals surface area contributed by atoms with Crippen LogP contribution in [0.15, 0.2) is 40.8 Å².